The van der Waals surface area contributed by atoms with Crippen molar-refractivity contribution in [2.75, 3.05) is 4.90 Å². The van der Waals surface area contributed by atoms with Crippen molar-refractivity contribution in [2.24, 2.45) is 5.41 Å². The first-order valence-electron chi connectivity index (χ1n) is 8.50. The first-order valence-corrected chi connectivity index (χ1v) is 8.50. The van der Waals surface area contributed by atoms with Crippen molar-refractivity contribution >= 4 is 17.4 Å². The minimum atomic E-state index is -0.730. The van der Waals surface area contributed by atoms with Crippen molar-refractivity contribution in [1.82, 2.24) is 4.98 Å². The molecule has 3 rings (SSSR count). The molecule has 26 heavy (non-hydrogen) atoms. The molecule has 1 aliphatic rings. The van der Waals surface area contributed by atoms with E-state index in [2.05, 4.69) is 4.98 Å². The molecular formula is C21H22N2O3. The zero-order valence-electron chi connectivity index (χ0n) is 15.4. The molecule has 1 N–H and O–H groups in total. The van der Waals surface area contributed by atoms with Crippen molar-refractivity contribution in [3.8, 4) is 0 Å². The minimum absolute atomic E-state index is 0.124. The second-order valence-electron chi connectivity index (χ2n) is 7.49. The minimum Gasteiger partial charge on any atom is -0.503 e. The Labute approximate surface area is 153 Å². The highest BCUT2D eigenvalue weighted by molar-refractivity contribution is 6.17. The lowest BCUT2D eigenvalue weighted by molar-refractivity contribution is -0.123. The maximum absolute atomic E-state index is 13.1. The Bertz CT molecular complexity index is 895. The van der Waals surface area contributed by atoms with Gasteiger partial charge in [0.25, 0.3) is 5.91 Å². The number of para-hydroxylation sites is 1. The maximum Gasteiger partial charge on any atom is 0.294 e. The van der Waals surface area contributed by atoms with Crippen LogP contribution in [0.15, 0.2) is 60.1 Å². The molecule has 134 valence electrons. The number of benzene rings is 1. The summed E-state index contributed by atoms with van der Waals surface area (Å²) in [5, 5.41) is 10.6. The predicted octanol–water partition coefficient (Wildman–Crippen LogP) is 3.91. The van der Waals surface area contributed by atoms with Gasteiger partial charge < -0.3 is 5.11 Å². The third-order valence-electron chi connectivity index (χ3n) is 4.51. The van der Waals surface area contributed by atoms with Crippen molar-refractivity contribution in [1.29, 1.82) is 0 Å². The van der Waals surface area contributed by atoms with Crippen LogP contribution in [0.3, 0.4) is 0 Å². The van der Waals surface area contributed by atoms with E-state index in [4.69, 9.17) is 0 Å². The van der Waals surface area contributed by atoms with E-state index in [1.54, 1.807) is 39.2 Å². The number of Topliss-reactive ketones (excluding diaryl/α,β-unsaturated/α-hetero) is 1. The summed E-state index contributed by atoms with van der Waals surface area (Å²) >= 11 is 0. The number of hydrogen-bond donors (Lipinski definition) is 1. The number of carbonyl (C=O) groups is 2. The molecule has 1 amide bonds. The molecule has 5 nitrogen and oxygen atoms in total. The first-order chi connectivity index (χ1) is 12.2. The zero-order chi connectivity index (χ0) is 19.1. The number of aromatic nitrogens is 1. The number of carbonyl (C=O) groups excluding carboxylic acids is 2. The number of hydrogen-bond acceptors (Lipinski definition) is 4. The lowest BCUT2D eigenvalue weighted by Crippen LogP contribution is -2.33. The smallest absolute Gasteiger partial charge is 0.294 e. The Kier molecular flexibility index (Phi) is 4.40. The normalized spacial score (nSPS) is 17.8. The Balaban J connectivity index is 2.23. The van der Waals surface area contributed by atoms with E-state index < -0.39 is 23.1 Å². The summed E-state index contributed by atoms with van der Waals surface area (Å²) in [5.41, 5.74) is 1.62. The van der Waals surface area contributed by atoms with Crippen LogP contribution in [0.4, 0.5) is 5.69 Å². The van der Waals surface area contributed by atoms with Crippen LogP contribution in [0.25, 0.3) is 0 Å². The van der Waals surface area contributed by atoms with Crippen LogP contribution in [0, 0.1) is 12.3 Å². The molecular weight excluding hydrogens is 328 g/mol. The number of nitrogens with zero attached hydrogens (tertiary/aromatic N) is 2. The quantitative estimate of drug-likeness (QED) is 0.911. The third-order valence-corrected chi connectivity index (χ3v) is 4.51. The number of aliphatic hydroxyl groups excluding tert-OH is 1. The van der Waals surface area contributed by atoms with Crippen LogP contribution in [0.5, 0.6) is 0 Å². The SMILES string of the molecule is Cc1ccccc1N1C(=O)C(O)=C(C(=O)C(C)(C)C)C1c1cccnc1. The predicted molar refractivity (Wildman–Crippen MR) is 99.8 cm³/mol. The van der Waals surface area contributed by atoms with Crippen LogP contribution in [0.2, 0.25) is 0 Å². The van der Waals surface area contributed by atoms with Crippen molar-refractivity contribution in [2.45, 2.75) is 33.7 Å². The van der Waals surface area contributed by atoms with E-state index in [9.17, 15) is 14.7 Å². The van der Waals surface area contributed by atoms with Gasteiger partial charge in [0, 0.05) is 23.5 Å². The maximum atomic E-state index is 13.1. The number of ketones is 1. The second-order valence-corrected chi connectivity index (χ2v) is 7.49. The molecule has 5 heteroatoms. The number of amides is 1. The van der Waals surface area contributed by atoms with Gasteiger partial charge in [-0.25, -0.2) is 0 Å². The zero-order valence-corrected chi connectivity index (χ0v) is 15.4. The van der Waals surface area contributed by atoms with Crippen LogP contribution in [0.1, 0.15) is 37.9 Å². The van der Waals surface area contributed by atoms with Gasteiger partial charge in [-0.15, -0.1) is 0 Å². The molecule has 1 aromatic carbocycles. The second kappa shape index (κ2) is 6.41. The van der Waals surface area contributed by atoms with Crippen molar-refractivity contribution in [3.63, 3.8) is 0 Å². The van der Waals surface area contributed by atoms with Crippen LogP contribution in [-0.2, 0) is 9.59 Å². The van der Waals surface area contributed by atoms with Gasteiger partial charge in [0.15, 0.2) is 11.5 Å². The molecule has 0 fully saturated rings. The average Bonchev–Trinajstić information content (AvgIpc) is 2.86. The number of aryl methyl sites for hydroxylation is 1. The van der Waals surface area contributed by atoms with Gasteiger partial charge in [-0.3, -0.25) is 19.5 Å². The number of rotatable bonds is 3. The van der Waals surface area contributed by atoms with Gasteiger partial charge in [-0.1, -0.05) is 45.0 Å². The number of anilines is 1. The molecule has 0 bridgehead atoms. The van der Waals surface area contributed by atoms with Gasteiger partial charge in [-0.05, 0) is 30.2 Å². The van der Waals surface area contributed by atoms with Gasteiger partial charge >= 0.3 is 0 Å². The summed E-state index contributed by atoms with van der Waals surface area (Å²) in [4.78, 5) is 31.6. The summed E-state index contributed by atoms with van der Waals surface area (Å²) in [5.74, 6) is -1.31. The van der Waals surface area contributed by atoms with E-state index in [1.807, 2.05) is 37.3 Å². The van der Waals surface area contributed by atoms with Gasteiger partial charge in [0.05, 0.1) is 11.6 Å². The molecule has 0 saturated carbocycles. The Morgan fingerprint density at radius 2 is 1.85 bits per heavy atom. The summed E-state index contributed by atoms with van der Waals surface area (Å²) in [6, 6.07) is 10.3. The molecule has 2 heterocycles. The summed E-state index contributed by atoms with van der Waals surface area (Å²) < 4.78 is 0. The van der Waals surface area contributed by atoms with Crippen molar-refractivity contribution < 1.29 is 14.7 Å². The largest absolute Gasteiger partial charge is 0.503 e. The summed E-state index contributed by atoms with van der Waals surface area (Å²) in [7, 11) is 0. The average molecular weight is 350 g/mol. The van der Waals surface area contributed by atoms with Gasteiger partial charge in [0.1, 0.15) is 0 Å². The van der Waals surface area contributed by atoms with Crippen LogP contribution in [-0.4, -0.2) is 21.8 Å². The molecule has 1 atom stereocenters. The Hall–Kier alpha value is -2.95. The molecule has 0 aliphatic carbocycles. The third kappa shape index (κ3) is 2.90. The summed E-state index contributed by atoms with van der Waals surface area (Å²) in [6.45, 7) is 7.22. The Morgan fingerprint density at radius 3 is 2.42 bits per heavy atom. The summed E-state index contributed by atoms with van der Waals surface area (Å²) in [6.07, 6.45) is 3.25. The van der Waals surface area contributed by atoms with Crippen molar-refractivity contribution in [3.05, 3.63) is 71.3 Å². The van der Waals surface area contributed by atoms with Crippen LogP contribution >= 0.6 is 0 Å². The fourth-order valence-electron chi connectivity index (χ4n) is 3.18. The lowest BCUT2D eigenvalue weighted by Gasteiger charge is -2.29. The topological polar surface area (TPSA) is 70.5 Å². The highest BCUT2D eigenvalue weighted by Crippen LogP contribution is 2.43. The first kappa shape index (κ1) is 17.9. The molecule has 0 radical (unpaired) electrons. The van der Waals surface area contributed by atoms with E-state index in [0.29, 0.717) is 11.3 Å². The Morgan fingerprint density at radius 1 is 1.15 bits per heavy atom. The highest BCUT2D eigenvalue weighted by Gasteiger charge is 2.47. The van der Waals surface area contributed by atoms with E-state index in [1.165, 1.54) is 4.90 Å². The fourth-order valence-corrected chi connectivity index (χ4v) is 3.18. The van der Waals surface area contributed by atoms with Crippen LogP contribution < -0.4 is 4.90 Å². The highest BCUT2D eigenvalue weighted by atomic mass is 16.3. The van der Waals surface area contributed by atoms with Gasteiger partial charge in [0.2, 0.25) is 0 Å². The lowest BCUT2D eigenvalue weighted by atomic mass is 9.82. The standard InChI is InChI=1S/C21H22N2O3/c1-13-8-5-6-10-15(13)23-17(14-9-7-11-22-12-14)16(18(24)20(23)26)19(25)21(2,3)4/h5-12,17,24H,1-4H3. The molecule has 1 aromatic heterocycles. The van der Waals surface area contributed by atoms with Gasteiger partial charge in [-0.2, -0.15) is 0 Å². The van der Waals surface area contributed by atoms with E-state index in [-0.39, 0.29) is 11.4 Å². The molecule has 2 aromatic rings. The molecule has 0 spiro atoms. The number of pyridine rings is 1. The monoisotopic (exact) mass is 350 g/mol. The number of aliphatic hydroxyl groups is 1. The molecule has 1 aliphatic heterocycles. The van der Waals surface area contributed by atoms with E-state index in [0.717, 1.165) is 5.56 Å². The molecule has 1 unspecified atom stereocenters. The fraction of sp³-hybridized carbons (Fsp3) is 0.286. The van der Waals surface area contributed by atoms with E-state index >= 15 is 0 Å². The molecule has 0 saturated heterocycles.